The van der Waals surface area contributed by atoms with Crippen LogP contribution in [0.2, 0.25) is 0 Å². The van der Waals surface area contributed by atoms with Gasteiger partial charge in [0, 0.05) is 18.3 Å². The van der Waals surface area contributed by atoms with Crippen molar-refractivity contribution in [2.45, 2.75) is 39.2 Å². The molecule has 7 heteroatoms. The van der Waals surface area contributed by atoms with Gasteiger partial charge in [0.1, 0.15) is 11.3 Å². The monoisotopic (exact) mass is 309 g/mol. The maximum Gasteiger partial charge on any atom is 0.407 e. The number of oxazole rings is 1. The number of ether oxygens (including phenoxy) is 1. The molecule has 0 spiro atoms. The van der Waals surface area contributed by atoms with Crippen LogP contribution in [0.1, 0.15) is 32.2 Å². The summed E-state index contributed by atoms with van der Waals surface area (Å²) in [6.07, 6.45) is 4.25. The van der Waals surface area contributed by atoms with Gasteiger partial charge in [0.05, 0.1) is 11.2 Å². The number of thiazole rings is 1. The van der Waals surface area contributed by atoms with Crippen LogP contribution in [0.5, 0.6) is 0 Å². The Bertz CT molecular complexity index is 573. The fourth-order valence-corrected chi connectivity index (χ4v) is 2.46. The van der Waals surface area contributed by atoms with Gasteiger partial charge in [-0.1, -0.05) is 0 Å². The molecule has 2 rings (SSSR count). The van der Waals surface area contributed by atoms with Crippen molar-refractivity contribution in [3.05, 3.63) is 23.0 Å². The van der Waals surface area contributed by atoms with Crippen LogP contribution in [0.4, 0.5) is 4.79 Å². The van der Waals surface area contributed by atoms with Gasteiger partial charge in [0.25, 0.3) is 0 Å². The van der Waals surface area contributed by atoms with E-state index in [1.54, 1.807) is 17.5 Å². The predicted molar refractivity (Wildman–Crippen MR) is 80.2 cm³/mol. The number of carbonyl (C=O) groups excluding carboxylic acids is 1. The second-order valence-corrected chi connectivity index (χ2v) is 6.47. The molecule has 0 aliphatic rings. The molecule has 21 heavy (non-hydrogen) atoms. The highest BCUT2D eigenvalue weighted by Crippen LogP contribution is 2.21. The fraction of sp³-hybridized carbons (Fsp3) is 0.500. The quantitative estimate of drug-likeness (QED) is 0.858. The molecule has 0 bridgehead atoms. The van der Waals surface area contributed by atoms with Gasteiger partial charge in [-0.3, -0.25) is 0 Å². The predicted octanol–water partition coefficient (Wildman–Crippen LogP) is 3.26. The highest BCUT2D eigenvalue weighted by atomic mass is 32.1. The average Bonchev–Trinajstić information content (AvgIpc) is 3.03. The third-order valence-corrected chi connectivity index (χ3v) is 3.38. The molecule has 6 nitrogen and oxygen atoms in total. The molecule has 0 saturated carbocycles. The molecule has 0 aliphatic carbocycles. The number of aromatic nitrogens is 2. The molecule has 2 aromatic heterocycles. The second-order valence-electron chi connectivity index (χ2n) is 5.52. The SMILES string of the molecule is CC(C)(C)OC(=O)NCCCc1nc(-c2cnco2)cs1. The zero-order chi connectivity index (χ0) is 15.3. The number of hydrogen-bond donors (Lipinski definition) is 1. The number of amides is 1. The van der Waals surface area contributed by atoms with Crippen LogP contribution >= 0.6 is 11.3 Å². The lowest BCUT2D eigenvalue weighted by molar-refractivity contribution is 0.0527. The first kappa shape index (κ1) is 15.5. The summed E-state index contributed by atoms with van der Waals surface area (Å²) < 4.78 is 10.4. The average molecular weight is 309 g/mol. The van der Waals surface area contributed by atoms with Gasteiger partial charge in [-0.2, -0.15) is 0 Å². The first-order valence-corrected chi connectivity index (χ1v) is 7.62. The van der Waals surface area contributed by atoms with E-state index in [1.807, 2.05) is 26.2 Å². The molecular formula is C14H19N3O3S. The molecule has 1 N–H and O–H groups in total. The zero-order valence-electron chi connectivity index (χ0n) is 12.4. The minimum Gasteiger partial charge on any atom is -0.444 e. The summed E-state index contributed by atoms with van der Waals surface area (Å²) in [5, 5.41) is 5.68. The lowest BCUT2D eigenvalue weighted by atomic mass is 10.2. The van der Waals surface area contributed by atoms with E-state index in [4.69, 9.17) is 9.15 Å². The van der Waals surface area contributed by atoms with Crippen molar-refractivity contribution in [3.8, 4) is 11.5 Å². The van der Waals surface area contributed by atoms with Crippen LogP contribution < -0.4 is 5.32 Å². The summed E-state index contributed by atoms with van der Waals surface area (Å²) in [7, 11) is 0. The fourth-order valence-electron chi connectivity index (χ4n) is 1.63. The van der Waals surface area contributed by atoms with Crippen molar-refractivity contribution < 1.29 is 13.9 Å². The third-order valence-electron chi connectivity index (χ3n) is 2.47. The largest absolute Gasteiger partial charge is 0.444 e. The van der Waals surface area contributed by atoms with E-state index in [2.05, 4.69) is 15.3 Å². The number of hydrogen-bond acceptors (Lipinski definition) is 6. The van der Waals surface area contributed by atoms with Crippen LogP contribution in [0.25, 0.3) is 11.5 Å². The van der Waals surface area contributed by atoms with Crippen molar-refractivity contribution in [1.82, 2.24) is 15.3 Å². The van der Waals surface area contributed by atoms with Crippen molar-refractivity contribution in [3.63, 3.8) is 0 Å². The van der Waals surface area contributed by atoms with Gasteiger partial charge in [-0.05, 0) is 27.2 Å². The normalized spacial score (nSPS) is 11.4. The minimum absolute atomic E-state index is 0.385. The number of rotatable bonds is 5. The summed E-state index contributed by atoms with van der Waals surface area (Å²) in [6, 6.07) is 0. The van der Waals surface area contributed by atoms with Gasteiger partial charge < -0.3 is 14.5 Å². The molecular weight excluding hydrogens is 290 g/mol. The Morgan fingerprint density at radius 2 is 2.29 bits per heavy atom. The van der Waals surface area contributed by atoms with Crippen LogP contribution in [0.3, 0.4) is 0 Å². The first-order valence-electron chi connectivity index (χ1n) is 6.74. The van der Waals surface area contributed by atoms with E-state index >= 15 is 0 Å². The Morgan fingerprint density at radius 1 is 1.48 bits per heavy atom. The molecule has 0 atom stereocenters. The number of alkyl carbamates (subject to hydrolysis) is 1. The van der Waals surface area contributed by atoms with Gasteiger partial charge in [0.15, 0.2) is 12.2 Å². The van der Waals surface area contributed by atoms with Gasteiger partial charge >= 0.3 is 6.09 Å². The molecule has 0 radical (unpaired) electrons. The van der Waals surface area contributed by atoms with Crippen molar-refractivity contribution in [2.75, 3.05) is 6.54 Å². The van der Waals surface area contributed by atoms with Crippen molar-refractivity contribution in [2.24, 2.45) is 0 Å². The number of aryl methyl sites for hydroxylation is 1. The van der Waals surface area contributed by atoms with Crippen LogP contribution in [-0.2, 0) is 11.2 Å². The van der Waals surface area contributed by atoms with Gasteiger partial charge in [0.2, 0.25) is 0 Å². The van der Waals surface area contributed by atoms with Crippen LogP contribution in [0, 0.1) is 0 Å². The Balaban J connectivity index is 1.71. The van der Waals surface area contributed by atoms with Gasteiger partial charge in [-0.25, -0.2) is 14.8 Å². The molecule has 114 valence electrons. The molecule has 2 aromatic rings. The summed E-state index contributed by atoms with van der Waals surface area (Å²) in [6.45, 7) is 6.08. The third kappa shape index (κ3) is 5.18. The summed E-state index contributed by atoms with van der Waals surface area (Å²) in [5.74, 6) is 0.671. The zero-order valence-corrected chi connectivity index (χ0v) is 13.2. The molecule has 0 saturated heterocycles. The maximum atomic E-state index is 11.5. The lowest BCUT2D eigenvalue weighted by Gasteiger charge is -2.19. The van der Waals surface area contributed by atoms with Crippen LogP contribution in [-0.4, -0.2) is 28.2 Å². The molecule has 0 fully saturated rings. The number of nitrogens with zero attached hydrogens (tertiary/aromatic N) is 2. The molecule has 0 aromatic carbocycles. The summed E-state index contributed by atoms with van der Waals surface area (Å²) in [5.41, 5.74) is 0.332. The standard InChI is InChI=1S/C14H19N3O3S/c1-14(2,3)20-13(18)16-6-4-5-12-17-10(8-21-12)11-7-15-9-19-11/h7-9H,4-6H2,1-3H3,(H,16,18). The minimum atomic E-state index is -0.467. The van der Waals surface area contributed by atoms with E-state index < -0.39 is 5.60 Å². The highest BCUT2D eigenvalue weighted by Gasteiger charge is 2.15. The van der Waals surface area contributed by atoms with E-state index in [1.165, 1.54) is 6.39 Å². The molecule has 0 aliphatic heterocycles. The maximum absolute atomic E-state index is 11.5. The Kier molecular flexibility index (Phi) is 4.95. The van der Waals surface area contributed by atoms with E-state index in [0.717, 1.165) is 23.5 Å². The number of nitrogens with one attached hydrogen (secondary N) is 1. The lowest BCUT2D eigenvalue weighted by Crippen LogP contribution is -2.33. The smallest absolute Gasteiger partial charge is 0.407 e. The first-order chi connectivity index (χ1) is 9.94. The molecule has 2 heterocycles. The van der Waals surface area contributed by atoms with Crippen LogP contribution in [0.15, 0.2) is 22.4 Å². The van der Waals surface area contributed by atoms with Crippen molar-refractivity contribution >= 4 is 17.4 Å². The second kappa shape index (κ2) is 6.71. The number of carbonyl (C=O) groups is 1. The molecule has 0 unspecified atom stereocenters. The Labute approximate surface area is 127 Å². The topological polar surface area (TPSA) is 77.2 Å². The summed E-state index contributed by atoms with van der Waals surface area (Å²) >= 11 is 1.57. The Morgan fingerprint density at radius 3 is 2.95 bits per heavy atom. The van der Waals surface area contributed by atoms with Crippen molar-refractivity contribution in [1.29, 1.82) is 0 Å². The van der Waals surface area contributed by atoms with E-state index in [0.29, 0.717) is 12.3 Å². The Hall–Kier alpha value is -1.89. The summed E-state index contributed by atoms with van der Waals surface area (Å²) in [4.78, 5) is 19.8. The highest BCUT2D eigenvalue weighted by molar-refractivity contribution is 7.09. The van der Waals surface area contributed by atoms with E-state index in [-0.39, 0.29) is 6.09 Å². The van der Waals surface area contributed by atoms with Gasteiger partial charge in [-0.15, -0.1) is 11.3 Å². The van der Waals surface area contributed by atoms with E-state index in [9.17, 15) is 4.79 Å². The molecule has 1 amide bonds.